The molecule has 1 unspecified atom stereocenters. The smallest absolute Gasteiger partial charge is 0.407 e. The van der Waals surface area contributed by atoms with Crippen LogP contribution in [0.5, 0.6) is 0 Å². The van der Waals surface area contributed by atoms with E-state index in [2.05, 4.69) is 5.32 Å². The zero-order chi connectivity index (χ0) is 16.5. The molecule has 0 aromatic heterocycles. The Balaban J connectivity index is 2.51. The van der Waals surface area contributed by atoms with E-state index in [0.717, 1.165) is 5.56 Å². The largest absolute Gasteiger partial charge is 0.459 e. The van der Waals surface area contributed by atoms with Crippen LogP contribution in [0, 0.1) is 11.8 Å². The topological polar surface area (TPSA) is 64.6 Å². The lowest BCUT2D eigenvalue weighted by Gasteiger charge is -2.21. The van der Waals surface area contributed by atoms with E-state index < -0.39 is 18.1 Å². The van der Waals surface area contributed by atoms with Crippen molar-refractivity contribution in [3.63, 3.8) is 0 Å². The number of alkyl carbamates (subject to hydrolysis) is 1. The molecule has 0 heterocycles. The van der Waals surface area contributed by atoms with E-state index >= 15 is 0 Å². The van der Waals surface area contributed by atoms with Gasteiger partial charge in [-0.25, -0.2) is 9.59 Å². The fourth-order valence-corrected chi connectivity index (χ4v) is 1.73. The molecule has 0 saturated heterocycles. The van der Waals surface area contributed by atoms with Crippen molar-refractivity contribution in [2.24, 2.45) is 11.8 Å². The van der Waals surface area contributed by atoms with E-state index in [-0.39, 0.29) is 18.4 Å². The van der Waals surface area contributed by atoms with Gasteiger partial charge in [0, 0.05) is 0 Å². The zero-order valence-electron chi connectivity index (χ0n) is 13.7. The lowest BCUT2D eigenvalue weighted by Crippen LogP contribution is -2.45. The first-order valence-corrected chi connectivity index (χ1v) is 7.54. The molecule has 5 heteroatoms. The summed E-state index contributed by atoms with van der Waals surface area (Å²) in [5, 5.41) is 2.57. The Bertz CT molecular complexity index is 471. The standard InChI is InChI=1S/C17H25NO4/c1-12(2)10-22-17(20)18-15(13(3)4)16(19)21-11-14-8-6-5-7-9-14/h5-9,12-13,15H,10-11H2,1-4H3,(H,18,20). The zero-order valence-corrected chi connectivity index (χ0v) is 13.7. The molecule has 1 N–H and O–H groups in total. The summed E-state index contributed by atoms with van der Waals surface area (Å²) < 4.78 is 10.3. The van der Waals surface area contributed by atoms with Crippen molar-refractivity contribution in [2.45, 2.75) is 40.3 Å². The Hall–Kier alpha value is -2.04. The summed E-state index contributed by atoms with van der Waals surface area (Å²) in [6, 6.07) is 8.69. The van der Waals surface area contributed by atoms with Gasteiger partial charge in [0.15, 0.2) is 0 Å². The van der Waals surface area contributed by atoms with Crippen LogP contribution in [-0.2, 0) is 20.9 Å². The van der Waals surface area contributed by atoms with Crippen molar-refractivity contribution < 1.29 is 19.1 Å². The van der Waals surface area contributed by atoms with Crippen LogP contribution in [0.25, 0.3) is 0 Å². The van der Waals surface area contributed by atoms with Crippen molar-refractivity contribution >= 4 is 12.1 Å². The molecule has 1 amide bonds. The minimum absolute atomic E-state index is 0.0881. The van der Waals surface area contributed by atoms with E-state index in [1.807, 2.05) is 58.0 Å². The Morgan fingerprint density at radius 1 is 1.05 bits per heavy atom. The van der Waals surface area contributed by atoms with E-state index in [1.54, 1.807) is 0 Å². The van der Waals surface area contributed by atoms with Gasteiger partial charge >= 0.3 is 12.1 Å². The van der Waals surface area contributed by atoms with Crippen LogP contribution >= 0.6 is 0 Å². The molecule has 0 bridgehead atoms. The van der Waals surface area contributed by atoms with E-state index in [1.165, 1.54) is 0 Å². The van der Waals surface area contributed by atoms with Crippen molar-refractivity contribution in [1.82, 2.24) is 5.32 Å². The first-order chi connectivity index (χ1) is 10.4. The molecule has 0 aliphatic rings. The third-order valence-electron chi connectivity index (χ3n) is 2.97. The Kier molecular flexibility index (Phi) is 7.43. The SMILES string of the molecule is CC(C)COC(=O)NC(C(=O)OCc1ccccc1)C(C)C. The fraction of sp³-hybridized carbons (Fsp3) is 0.529. The number of ether oxygens (including phenoxy) is 2. The summed E-state index contributed by atoms with van der Waals surface area (Å²) in [6.45, 7) is 8.08. The van der Waals surface area contributed by atoms with Gasteiger partial charge in [0.1, 0.15) is 12.6 Å². The molecule has 122 valence electrons. The molecule has 1 aromatic rings. The molecule has 0 radical (unpaired) electrons. The monoisotopic (exact) mass is 307 g/mol. The number of amides is 1. The molecule has 0 aliphatic heterocycles. The predicted octanol–water partition coefficient (Wildman–Crippen LogP) is 3.14. The minimum atomic E-state index is -0.719. The molecule has 1 aromatic carbocycles. The number of rotatable bonds is 7. The quantitative estimate of drug-likeness (QED) is 0.786. The molecule has 0 aliphatic carbocycles. The molecule has 5 nitrogen and oxygen atoms in total. The second-order valence-electron chi connectivity index (χ2n) is 5.95. The lowest BCUT2D eigenvalue weighted by atomic mass is 10.1. The molecule has 0 fully saturated rings. The van der Waals surface area contributed by atoms with Crippen LogP contribution in [-0.4, -0.2) is 24.7 Å². The Morgan fingerprint density at radius 3 is 2.23 bits per heavy atom. The van der Waals surface area contributed by atoms with Gasteiger partial charge in [0.05, 0.1) is 6.61 Å². The van der Waals surface area contributed by atoms with Gasteiger partial charge in [0.2, 0.25) is 0 Å². The van der Waals surface area contributed by atoms with Crippen LogP contribution in [0.1, 0.15) is 33.3 Å². The molecule has 1 atom stereocenters. The van der Waals surface area contributed by atoms with Gasteiger partial charge in [-0.15, -0.1) is 0 Å². The van der Waals surface area contributed by atoms with Gasteiger partial charge in [-0.05, 0) is 17.4 Å². The lowest BCUT2D eigenvalue weighted by molar-refractivity contribution is -0.148. The average Bonchev–Trinajstić information content (AvgIpc) is 2.49. The van der Waals surface area contributed by atoms with Gasteiger partial charge < -0.3 is 14.8 Å². The maximum absolute atomic E-state index is 12.1. The van der Waals surface area contributed by atoms with Crippen LogP contribution in [0.3, 0.4) is 0 Å². The number of carbonyl (C=O) groups is 2. The highest BCUT2D eigenvalue weighted by Gasteiger charge is 2.26. The van der Waals surface area contributed by atoms with Crippen molar-refractivity contribution in [3.05, 3.63) is 35.9 Å². The van der Waals surface area contributed by atoms with Crippen molar-refractivity contribution in [3.8, 4) is 0 Å². The maximum Gasteiger partial charge on any atom is 0.407 e. The number of esters is 1. The highest BCUT2D eigenvalue weighted by molar-refractivity contribution is 5.81. The normalized spacial score (nSPS) is 12.1. The van der Waals surface area contributed by atoms with E-state index in [0.29, 0.717) is 6.61 Å². The molecule has 22 heavy (non-hydrogen) atoms. The Morgan fingerprint density at radius 2 is 1.68 bits per heavy atom. The van der Waals surface area contributed by atoms with Crippen molar-refractivity contribution in [2.75, 3.05) is 6.61 Å². The first kappa shape index (κ1) is 18.0. The summed E-state index contributed by atoms with van der Waals surface area (Å²) in [5.74, 6) is -0.302. The second kappa shape index (κ2) is 9.07. The fourth-order valence-electron chi connectivity index (χ4n) is 1.73. The third-order valence-corrected chi connectivity index (χ3v) is 2.97. The van der Waals surface area contributed by atoms with Gasteiger partial charge in [-0.1, -0.05) is 58.0 Å². The number of hydrogen-bond donors (Lipinski definition) is 1. The van der Waals surface area contributed by atoms with E-state index in [4.69, 9.17) is 9.47 Å². The Labute approximate surface area is 132 Å². The van der Waals surface area contributed by atoms with Gasteiger partial charge in [-0.2, -0.15) is 0 Å². The second-order valence-corrected chi connectivity index (χ2v) is 5.95. The molecule has 1 rings (SSSR count). The van der Waals surface area contributed by atoms with Gasteiger partial charge in [-0.3, -0.25) is 0 Å². The molecular weight excluding hydrogens is 282 g/mol. The summed E-state index contributed by atoms with van der Waals surface area (Å²) in [6.07, 6.45) is -0.593. The maximum atomic E-state index is 12.1. The van der Waals surface area contributed by atoms with Gasteiger partial charge in [0.25, 0.3) is 0 Å². The summed E-state index contributed by atoms with van der Waals surface area (Å²) in [7, 11) is 0. The number of benzene rings is 1. The minimum Gasteiger partial charge on any atom is -0.459 e. The highest BCUT2D eigenvalue weighted by atomic mass is 16.6. The third kappa shape index (κ3) is 6.61. The van der Waals surface area contributed by atoms with Crippen molar-refractivity contribution in [1.29, 1.82) is 0 Å². The summed E-state index contributed by atoms with van der Waals surface area (Å²) in [4.78, 5) is 23.8. The highest BCUT2D eigenvalue weighted by Crippen LogP contribution is 2.08. The number of hydrogen-bond acceptors (Lipinski definition) is 4. The van der Waals surface area contributed by atoms with E-state index in [9.17, 15) is 9.59 Å². The first-order valence-electron chi connectivity index (χ1n) is 7.54. The number of nitrogens with one attached hydrogen (secondary N) is 1. The molecule has 0 saturated carbocycles. The molecule has 0 spiro atoms. The van der Waals surface area contributed by atoms with Crippen LogP contribution in [0.15, 0.2) is 30.3 Å². The summed E-state index contributed by atoms with van der Waals surface area (Å²) in [5.41, 5.74) is 0.903. The summed E-state index contributed by atoms with van der Waals surface area (Å²) >= 11 is 0. The van der Waals surface area contributed by atoms with Crippen LogP contribution in [0.2, 0.25) is 0 Å². The predicted molar refractivity (Wildman–Crippen MR) is 84.2 cm³/mol. The van der Waals surface area contributed by atoms with Crippen LogP contribution in [0.4, 0.5) is 4.79 Å². The molecular formula is C17H25NO4. The number of carbonyl (C=O) groups excluding carboxylic acids is 2. The average molecular weight is 307 g/mol. The van der Waals surface area contributed by atoms with Crippen LogP contribution < -0.4 is 5.32 Å².